The van der Waals surface area contributed by atoms with Crippen molar-refractivity contribution in [1.29, 1.82) is 5.26 Å². The average molecular weight is 574 g/mol. The Bertz CT molecular complexity index is 1500. The lowest BCUT2D eigenvalue weighted by Gasteiger charge is -2.41. The zero-order valence-corrected chi connectivity index (χ0v) is 23.6. The third-order valence-corrected chi connectivity index (χ3v) is 8.14. The topological polar surface area (TPSA) is 73.5 Å². The van der Waals surface area contributed by atoms with Crippen LogP contribution in [0.4, 0.5) is 4.39 Å². The molecule has 38 heavy (non-hydrogen) atoms. The van der Waals surface area contributed by atoms with Crippen molar-refractivity contribution < 1.29 is 14.3 Å². The third-order valence-electron chi connectivity index (χ3n) is 7.61. The first kappa shape index (κ1) is 26.3. The lowest BCUT2D eigenvalue weighted by Crippen LogP contribution is -2.35. The molecule has 0 bridgehead atoms. The molecule has 6 heteroatoms. The largest absolute Gasteiger partial charge is 0.512 e. The van der Waals surface area contributed by atoms with E-state index in [1.807, 2.05) is 38.1 Å². The predicted octanol–water partition coefficient (Wildman–Crippen LogP) is 8.38. The van der Waals surface area contributed by atoms with Gasteiger partial charge in [-0.25, -0.2) is 4.39 Å². The zero-order valence-electron chi connectivity index (χ0n) is 22.0. The van der Waals surface area contributed by atoms with E-state index in [0.29, 0.717) is 42.5 Å². The minimum atomic E-state index is -0.541. The van der Waals surface area contributed by atoms with Crippen molar-refractivity contribution in [2.24, 2.45) is 15.8 Å². The molecule has 4 nitrogen and oxygen atoms in total. The van der Waals surface area contributed by atoms with Crippen molar-refractivity contribution in [3.63, 3.8) is 0 Å². The van der Waals surface area contributed by atoms with Crippen LogP contribution in [0.1, 0.15) is 70.4 Å². The molecular formula is C32H30BrFN2O2. The van der Waals surface area contributed by atoms with Crippen LogP contribution in [0, 0.1) is 28.0 Å². The van der Waals surface area contributed by atoms with Crippen LogP contribution >= 0.6 is 15.9 Å². The lowest BCUT2D eigenvalue weighted by molar-refractivity contribution is -0.118. The number of carbonyl (C=O) groups excluding carboxylic acids is 1. The van der Waals surface area contributed by atoms with Crippen LogP contribution in [0.15, 0.2) is 86.0 Å². The second-order valence-electron chi connectivity index (χ2n) is 12.1. The number of aliphatic hydroxyl groups excluding tert-OH is 1. The van der Waals surface area contributed by atoms with Crippen LogP contribution in [-0.4, -0.2) is 16.6 Å². The van der Waals surface area contributed by atoms with Gasteiger partial charge in [0, 0.05) is 34.5 Å². The highest BCUT2D eigenvalue weighted by Crippen LogP contribution is 2.52. The van der Waals surface area contributed by atoms with E-state index in [1.54, 1.807) is 12.1 Å². The fourth-order valence-corrected chi connectivity index (χ4v) is 6.33. The molecule has 0 amide bonds. The van der Waals surface area contributed by atoms with Crippen molar-refractivity contribution >= 4 is 33.1 Å². The van der Waals surface area contributed by atoms with Gasteiger partial charge >= 0.3 is 0 Å². The fraction of sp³-hybridized carbons (Fsp3) is 0.344. The van der Waals surface area contributed by atoms with Gasteiger partial charge < -0.3 is 5.11 Å². The van der Waals surface area contributed by atoms with E-state index in [9.17, 15) is 19.6 Å². The summed E-state index contributed by atoms with van der Waals surface area (Å²) < 4.78 is 14.9. The Labute approximate surface area is 231 Å². The summed E-state index contributed by atoms with van der Waals surface area (Å²) in [4.78, 5) is 18.6. The minimum absolute atomic E-state index is 0.0858. The first-order valence-electron chi connectivity index (χ1n) is 12.8. The Morgan fingerprint density at radius 2 is 1.61 bits per heavy atom. The molecule has 1 N–H and O–H groups in total. The van der Waals surface area contributed by atoms with Crippen molar-refractivity contribution in [2.45, 2.75) is 59.3 Å². The summed E-state index contributed by atoms with van der Waals surface area (Å²) in [7, 11) is 0. The molecule has 2 aromatic carbocycles. The summed E-state index contributed by atoms with van der Waals surface area (Å²) in [6.07, 6.45) is 1.96. The highest BCUT2D eigenvalue weighted by molar-refractivity contribution is 9.10. The maximum Gasteiger partial charge on any atom is 0.167 e. The summed E-state index contributed by atoms with van der Waals surface area (Å²) in [5, 5.41) is 21.7. The molecule has 5 rings (SSSR count). The third kappa shape index (κ3) is 4.80. The van der Waals surface area contributed by atoms with Crippen LogP contribution in [0.5, 0.6) is 0 Å². The minimum Gasteiger partial charge on any atom is -0.512 e. The van der Waals surface area contributed by atoms with Gasteiger partial charge in [0.05, 0.1) is 22.9 Å². The highest BCUT2D eigenvalue weighted by Gasteiger charge is 2.44. The van der Waals surface area contributed by atoms with Crippen molar-refractivity contribution in [2.75, 3.05) is 0 Å². The molecule has 0 aromatic heterocycles. The Morgan fingerprint density at radius 3 is 2.21 bits per heavy atom. The van der Waals surface area contributed by atoms with Crippen LogP contribution < -0.4 is 0 Å². The molecule has 2 aliphatic carbocycles. The summed E-state index contributed by atoms with van der Waals surface area (Å²) in [6, 6.07) is 16.3. The molecule has 0 saturated heterocycles. The summed E-state index contributed by atoms with van der Waals surface area (Å²) >= 11 is 3.48. The SMILES string of the molecule is CC1(C)CC(=O)C(C2=C3C(=NC(c4ccc(Br)cc4)=C(C#N)C3c3ccc(F)cc3)CC(C)(C)C2)=C(O)C1. The van der Waals surface area contributed by atoms with Gasteiger partial charge in [0.25, 0.3) is 0 Å². The number of nitriles is 1. The van der Waals surface area contributed by atoms with E-state index in [2.05, 4.69) is 35.8 Å². The molecule has 1 atom stereocenters. The monoisotopic (exact) mass is 572 g/mol. The normalized spacial score (nSPS) is 22.7. The van der Waals surface area contributed by atoms with Crippen LogP contribution in [0.3, 0.4) is 0 Å². The fourth-order valence-electron chi connectivity index (χ4n) is 6.06. The molecule has 1 unspecified atom stereocenters. The van der Waals surface area contributed by atoms with Gasteiger partial charge in [0.15, 0.2) is 5.78 Å². The molecule has 0 saturated carbocycles. The predicted molar refractivity (Wildman–Crippen MR) is 151 cm³/mol. The second-order valence-corrected chi connectivity index (χ2v) is 13.0. The summed E-state index contributed by atoms with van der Waals surface area (Å²) in [5.41, 5.74) is 4.77. The van der Waals surface area contributed by atoms with Crippen molar-refractivity contribution in [3.8, 4) is 6.07 Å². The average Bonchev–Trinajstić information content (AvgIpc) is 2.82. The molecule has 1 heterocycles. The van der Waals surface area contributed by atoms with Crippen molar-refractivity contribution in [1.82, 2.24) is 0 Å². The maximum atomic E-state index is 14.0. The first-order valence-corrected chi connectivity index (χ1v) is 13.6. The number of ketones is 1. The first-order chi connectivity index (χ1) is 17.9. The summed E-state index contributed by atoms with van der Waals surface area (Å²) in [6.45, 7) is 8.24. The van der Waals surface area contributed by atoms with Crippen molar-refractivity contribution in [3.05, 3.63) is 98.0 Å². The van der Waals surface area contributed by atoms with E-state index in [-0.39, 0.29) is 28.2 Å². The van der Waals surface area contributed by atoms with Gasteiger partial charge in [0.2, 0.25) is 0 Å². The van der Waals surface area contributed by atoms with E-state index in [4.69, 9.17) is 4.99 Å². The van der Waals surface area contributed by atoms with Gasteiger partial charge in [-0.1, -0.05) is 67.9 Å². The number of hydrogen-bond acceptors (Lipinski definition) is 4. The lowest BCUT2D eigenvalue weighted by atomic mass is 9.63. The van der Waals surface area contributed by atoms with Crippen LogP contribution in [0.2, 0.25) is 0 Å². The number of hydrogen-bond donors (Lipinski definition) is 1. The molecule has 0 spiro atoms. The number of allylic oxidation sites excluding steroid dienone is 5. The molecule has 1 aliphatic heterocycles. The van der Waals surface area contributed by atoms with Gasteiger partial charge in [-0.2, -0.15) is 5.26 Å². The Hall–Kier alpha value is -3.30. The van der Waals surface area contributed by atoms with Gasteiger partial charge in [0.1, 0.15) is 11.6 Å². The summed E-state index contributed by atoms with van der Waals surface area (Å²) in [5.74, 6) is -0.888. The number of aliphatic imine (C=N–C) groups is 1. The Balaban J connectivity index is 1.84. The Kier molecular flexibility index (Phi) is 6.55. The number of aliphatic hydroxyl groups is 1. The van der Waals surface area contributed by atoms with Gasteiger partial charge in [-0.3, -0.25) is 9.79 Å². The standard InChI is InChI=1S/C32H30BrFN2O2/c1-31(2)13-22(29-25(37)15-32(3,4)16-26(29)38)28-24(14-31)36-30(19-5-9-20(33)10-6-19)23(17-35)27(28)18-7-11-21(34)12-8-18/h5-12,27,37H,13-16H2,1-4H3. The number of Topliss-reactive ketones (excluding diaryl/α,β-unsaturated/α-hetero) is 1. The van der Waals surface area contributed by atoms with Gasteiger partial charge in [-0.15, -0.1) is 0 Å². The number of nitrogens with zero attached hydrogens (tertiary/aromatic N) is 2. The smallest absolute Gasteiger partial charge is 0.167 e. The zero-order chi connectivity index (χ0) is 27.4. The molecule has 2 aromatic rings. The molecule has 0 fully saturated rings. The molecular weight excluding hydrogens is 543 g/mol. The number of carbonyl (C=O) groups is 1. The van der Waals surface area contributed by atoms with Crippen LogP contribution in [-0.2, 0) is 4.79 Å². The molecule has 194 valence electrons. The van der Waals surface area contributed by atoms with Gasteiger partial charge in [-0.05, 0) is 64.6 Å². The number of rotatable bonds is 3. The molecule has 3 aliphatic rings. The Morgan fingerprint density at radius 1 is 0.974 bits per heavy atom. The quantitative estimate of drug-likeness (QED) is 0.401. The van der Waals surface area contributed by atoms with Crippen LogP contribution in [0.25, 0.3) is 5.70 Å². The van der Waals surface area contributed by atoms with E-state index in [1.165, 1.54) is 12.1 Å². The second kappa shape index (κ2) is 9.47. The number of halogens is 2. The van der Waals surface area contributed by atoms with E-state index in [0.717, 1.165) is 32.5 Å². The van der Waals surface area contributed by atoms with E-state index >= 15 is 0 Å². The number of benzene rings is 2. The maximum absolute atomic E-state index is 14.0. The van der Waals surface area contributed by atoms with E-state index < -0.39 is 5.92 Å². The highest BCUT2D eigenvalue weighted by atomic mass is 79.9. The number of fused-ring (bicyclic) bond motifs is 1. The molecule has 0 radical (unpaired) electrons.